The van der Waals surface area contributed by atoms with E-state index in [0.717, 1.165) is 56.8 Å². The van der Waals surface area contributed by atoms with Crippen molar-refractivity contribution in [1.29, 1.82) is 0 Å². The van der Waals surface area contributed by atoms with E-state index < -0.39 is 0 Å². The maximum absolute atomic E-state index is 6.53. The highest BCUT2D eigenvalue weighted by Crippen LogP contribution is 2.48. The fraction of sp³-hybridized carbons (Fsp3) is 0.917. The second-order valence-electron chi connectivity index (χ2n) is 10.2. The zero-order chi connectivity index (χ0) is 19.5. The normalized spacial score (nSPS) is 32.8. The molecule has 0 aromatic rings. The summed E-state index contributed by atoms with van der Waals surface area (Å²) < 4.78 is 12.8. The van der Waals surface area contributed by atoms with E-state index in [1.54, 1.807) is 0 Å². The molecule has 0 aromatic heterocycles. The van der Waals surface area contributed by atoms with Crippen molar-refractivity contribution >= 4 is 0 Å². The zero-order valence-electron chi connectivity index (χ0n) is 18.3. The molecule has 0 bridgehead atoms. The van der Waals surface area contributed by atoms with Crippen molar-refractivity contribution in [3.8, 4) is 0 Å². The van der Waals surface area contributed by atoms with Gasteiger partial charge in [0.2, 0.25) is 0 Å². The van der Waals surface area contributed by atoms with Crippen LogP contribution in [-0.2, 0) is 9.47 Å². The molecule has 27 heavy (non-hydrogen) atoms. The van der Waals surface area contributed by atoms with Gasteiger partial charge in [-0.25, -0.2) is 0 Å². The van der Waals surface area contributed by atoms with Gasteiger partial charge in [-0.3, -0.25) is 4.90 Å². The van der Waals surface area contributed by atoms with Crippen molar-refractivity contribution in [2.45, 2.75) is 103 Å². The van der Waals surface area contributed by atoms with Crippen molar-refractivity contribution in [2.75, 3.05) is 19.7 Å². The smallest absolute Gasteiger partial charge is 0.168 e. The molecule has 0 radical (unpaired) electrons. The van der Waals surface area contributed by atoms with Gasteiger partial charge in [-0.1, -0.05) is 46.6 Å². The first kappa shape index (κ1) is 21.3. The van der Waals surface area contributed by atoms with E-state index in [-0.39, 0.29) is 11.9 Å². The van der Waals surface area contributed by atoms with Gasteiger partial charge < -0.3 is 9.47 Å². The Kier molecular flexibility index (Phi) is 7.08. The summed E-state index contributed by atoms with van der Waals surface area (Å²) >= 11 is 0. The first-order valence-corrected chi connectivity index (χ1v) is 11.5. The number of ether oxygens (including phenoxy) is 2. The van der Waals surface area contributed by atoms with Gasteiger partial charge in [0, 0.05) is 32.0 Å². The summed E-state index contributed by atoms with van der Waals surface area (Å²) in [7, 11) is 0. The first-order chi connectivity index (χ1) is 12.9. The fourth-order valence-electron chi connectivity index (χ4n) is 5.46. The predicted molar refractivity (Wildman–Crippen MR) is 113 cm³/mol. The summed E-state index contributed by atoms with van der Waals surface area (Å²) in [5.41, 5.74) is 0.409. The van der Waals surface area contributed by atoms with Gasteiger partial charge in [0.25, 0.3) is 0 Å². The van der Waals surface area contributed by atoms with Crippen LogP contribution in [0.3, 0.4) is 0 Å². The molecule has 3 fully saturated rings. The Morgan fingerprint density at radius 1 is 1.15 bits per heavy atom. The van der Waals surface area contributed by atoms with Crippen molar-refractivity contribution in [3.05, 3.63) is 12.7 Å². The molecule has 1 atom stereocenters. The standard InChI is InChI=1S/C24H43NO2/c1-6-16-25(21-9-7-8-10-21)17-13-22-18-26-24(27-22)14-11-20(12-15-24)23(4,5)19(2)3/h6,19-22H,1,7-18H2,2-5H3. The lowest BCUT2D eigenvalue weighted by molar-refractivity contribution is -0.198. The molecule has 2 saturated carbocycles. The Labute approximate surface area is 167 Å². The molecule has 0 amide bonds. The molecule has 1 unspecified atom stereocenters. The summed E-state index contributed by atoms with van der Waals surface area (Å²) in [5, 5.41) is 0. The molecule has 1 aliphatic heterocycles. The van der Waals surface area contributed by atoms with Crippen LogP contribution in [-0.4, -0.2) is 42.5 Å². The Balaban J connectivity index is 1.46. The van der Waals surface area contributed by atoms with Gasteiger partial charge in [0.15, 0.2) is 5.79 Å². The van der Waals surface area contributed by atoms with Gasteiger partial charge in [0.05, 0.1) is 12.7 Å². The van der Waals surface area contributed by atoms with Gasteiger partial charge in [0.1, 0.15) is 0 Å². The monoisotopic (exact) mass is 377 g/mol. The van der Waals surface area contributed by atoms with Crippen LogP contribution in [0.1, 0.15) is 85.5 Å². The molecule has 3 nitrogen and oxygen atoms in total. The molecule has 156 valence electrons. The van der Waals surface area contributed by atoms with Crippen LogP contribution in [0.5, 0.6) is 0 Å². The van der Waals surface area contributed by atoms with Crippen LogP contribution in [0.25, 0.3) is 0 Å². The Hall–Kier alpha value is -0.380. The van der Waals surface area contributed by atoms with Crippen molar-refractivity contribution in [2.24, 2.45) is 17.3 Å². The molecule has 1 spiro atoms. The van der Waals surface area contributed by atoms with Crippen molar-refractivity contribution < 1.29 is 9.47 Å². The molecule has 1 heterocycles. The molecule has 1 saturated heterocycles. The Morgan fingerprint density at radius 3 is 2.41 bits per heavy atom. The second kappa shape index (κ2) is 8.97. The van der Waals surface area contributed by atoms with E-state index in [4.69, 9.17) is 9.47 Å². The first-order valence-electron chi connectivity index (χ1n) is 11.5. The van der Waals surface area contributed by atoms with Crippen LogP contribution in [0.4, 0.5) is 0 Å². The third-order valence-corrected chi connectivity index (χ3v) is 8.14. The molecule has 3 heteroatoms. The minimum Gasteiger partial charge on any atom is -0.347 e. The maximum atomic E-state index is 6.53. The average molecular weight is 378 g/mol. The largest absolute Gasteiger partial charge is 0.347 e. The minimum atomic E-state index is -0.273. The summed E-state index contributed by atoms with van der Waals surface area (Å²) in [4.78, 5) is 2.62. The highest BCUT2D eigenvalue weighted by Gasteiger charge is 2.47. The second-order valence-corrected chi connectivity index (χ2v) is 10.2. The summed E-state index contributed by atoms with van der Waals surface area (Å²) in [6.45, 7) is 16.5. The Morgan fingerprint density at radius 2 is 1.81 bits per heavy atom. The zero-order valence-corrected chi connectivity index (χ0v) is 18.3. The summed E-state index contributed by atoms with van der Waals surface area (Å²) in [6, 6.07) is 0.757. The minimum absolute atomic E-state index is 0.272. The lowest BCUT2D eigenvalue weighted by atomic mass is 9.64. The van der Waals surface area contributed by atoms with Gasteiger partial charge in [-0.15, -0.1) is 6.58 Å². The topological polar surface area (TPSA) is 21.7 Å². The highest BCUT2D eigenvalue weighted by atomic mass is 16.7. The quantitative estimate of drug-likeness (QED) is 0.500. The van der Waals surface area contributed by atoms with E-state index in [2.05, 4.69) is 45.2 Å². The molecular weight excluding hydrogens is 334 g/mol. The molecule has 0 N–H and O–H groups in total. The lowest BCUT2D eigenvalue weighted by Gasteiger charge is -2.44. The highest BCUT2D eigenvalue weighted by molar-refractivity contribution is 4.91. The maximum Gasteiger partial charge on any atom is 0.168 e. The third-order valence-electron chi connectivity index (χ3n) is 8.14. The third kappa shape index (κ3) is 4.97. The number of nitrogens with zero attached hydrogens (tertiary/aromatic N) is 1. The van der Waals surface area contributed by atoms with Crippen LogP contribution >= 0.6 is 0 Å². The molecular formula is C24H43NO2. The van der Waals surface area contributed by atoms with E-state index in [0.29, 0.717) is 5.41 Å². The molecule has 2 aliphatic carbocycles. The SMILES string of the molecule is C=CCN(CCC1COC2(CCC(C(C)(C)C(C)C)CC2)O1)C1CCCC1. The predicted octanol–water partition coefficient (Wildman–Crippen LogP) is 5.79. The number of hydrogen-bond donors (Lipinski definition) is 0. The van der Waals surface area contributed by atoms with E-state index in [9.17, 15) is 0 Å². The summed E-state index contributed by atoms with van der Waals surface area (Å²) in [6.07, 6.45) is 13.5. The lowest BCUT2D eigenvalue weighted by Crippen LogP contribution is -2.41. The Bertz CT molecular complexity index is 473. The number of hydrogen-bond acceptors (Lipinski definition) is 3. The average Bonchev–Trinajstić information content (AvgIpc) is 3.30. The van der Waals surface area contributed by atoms with Crippen LogP contribution < -0.4 is 0 Å². The van der Waals surface area contributed by atoms with E-state index in [1.807, 2.05) is 0 Å². The molecule has 0 aromatic carbocycles. The van der Waals surface area contributed by atoms with Gasteiger partial charge in [-0.2, -0.15) is 0 Å². The van der Waals surface area contributed by atoms with E-state index >= 15 is 0 Å². The van der Waals surface area contributed by atoms with E-state index in [1.165, 1.54) is 38.5 Å². The molecule has 3 rings (SSSR count). The van der Waals surface area contributed by atoms with Gasteiger partial charge >= 0.3 is 0 Å². The number of rotatable bonds is 8. The van der Waals surface area contributed by atoms with Crippen molar-refractivity contribution in [1.82, 2.24) is 4.90 Å². The fourth-order valence-corrected chi connectivity index (χ4v) is 5.46. The van der Waals surface area contributed by atoms with Gasteiger partial charge in [-0.05, 0) is 49.4 Å². The summed E-state index contributed by atoms with van der Waals surface area (Å²) in [5.74, 6) is 1.24. The van der Waals surface area contributed by atoms with Crippen LogP contribution in [0, 0.1) is 17.3 Å². The van der Waals surface area contributed by atoms with Crippen LogP contribution in [0.2, 0.25) is 0 Å². The van der Waals surface area contributed by atoms with Crippen LogP contribution in [0.15, 0.2) is 12.7 Å². The molecule has 3 aliphatic rings. The van der Waals surface area contributed by atoms with Crippen molar-refractivity contribution in [3.63, 3.8) is 0 Å².